The number of nitrogens with one attached hydrogen (secondary N) is 1. The van der Waals surface area contributed by atoms with Crippen molar-refractivity contribution in [1.82, 2.24) is 24.8 Å². The lowest BCUT2D eigenvalue weighted by atomic mass is 10.5. The van der Waals surface area contributed by atoms with Crippen molar-refractivity contribution in [2.75, 3.05) is 5.32 Å². The van der Waals surface area contributed by atoms with E-state index in [2.05, 4.69) is 20.7 Å². The zero-order valence-electron chi connectivity index (χ0n) is 10.1. The topological polar surface area (TPSA) is 115 Å². The van der Waals surface area contributed by atoms with E-state index in [4.69, 9.17) is 5.11 Å². The molecule has 0 saturated carbocycles. The molecule has 0 aromatic carbocycles. The summed E-state index contributed by atoms with van der Waals surface area (Å²) in [6.07, 6.45) is 2.93. The molecule has 0 aliphatic rings. The summed E-state index contributed by atoms with van der Waals surface area (Å²) in [6, 6.07) is 1.67. The van der Waals surface area contributed by atoms with Gasteiger partial charge in [0.2, 0.25) is 5.91 Å². The molecule has 0 aliphatic heterocycles. The fraction of sp³-hybridized carbons (Fsp3) is 0.300. The van der Waals surface area contributed by atoms with Gasteiger partial charge in [-0.3, -0.25) is 9.48 Å². The molecule has 0 aliphatic carbocycles. The van der Waals surface area contributed by atoms with Crippen LogP contribution in [0.2, 0.25) is 0 Å². The highest BCUT2D eigenvalue weighted by atomic mass is 16.4. The summed E-state index contributed by atoms with van der Waals surface area (Å²) in [5.74, 6) is -1.11. The number of carboxylic acid groups (broad SMARTS) is 1. The zero-order chi connectivity index (χ0) is 13.8. The first-order valence-corrected chi connectivity index (χ1v) is 5.55. The molecule has 2 heterocycles. The van der Waals surface area contributed by atoms with E-state index < -0.39 is 5.97 Å². The molecule has 9 nitrogen and oxygen atoms in total. The average Bonchev–Trinajstić information content (AvgIpc) is 2.98. The van der Waals surface area contributed by atoms with Gasteiger partial charge in [-0.05, 0) is 6.92 Å². The van der Waals surface area contributed by atoms with Crippen molar-refractivity contribution in [2.45, 2.75) is 20.0 Å². The van der Waals surface area contributed by atoms with Gasteiger partial charge in [0.05, 0.1) is 6.20 Å². The monoisotopic (exact) mass is 264 g/mol. The summed E-state index contributed by atoms with van der Waals surface area (Å²) in [6.45, 7) is 2.52. The van der Waals surface area contributed by atoms with E-state index in [-0.39, 0.29) is 18.1 Å². The van der Waals surface area contributed by atoms with Crippen molar-refractivity contribution >= 4 is 17.7 Å². The standard InChI is InChI=1S/C10H12N6O3/c1-2-15-4-3-8(13-15)11-9(17)6-16-5-7(10(18)19)12-14-16/h3-5H,2,6H2,1H3,(H,18,19)(H,11,13,17). The third-order valence-corrected chi connectivity index (χ3v) is 2.30. The molecular weight excluding hydrogens is 252 g/mol. The van der Waals surface area contributed by atoms with Crippen LogP contribution >= 0.6 is 0 Å². The van der Waals surface area contributed by atoms with Crippen LogP contribution in [0.4, 0.5) is 5.82 Å². The Hall–Kier alpha value is -2.71. The normalized spacial score (nSPS) is 10.4. The van der Waals surface area contributed by atoms with Crippen molar-refractivity contribution in [3.63, 3.8) is 0 Å². The number of carboxylic acids is 1. The summed E-state index contributed by atoms with van der Waals surface area (Å²) in [7, 11) is 0. The predicted octanol–water partition coefficient (Wildman–Crippen LogP) is -0.169. The lowest BCUT2D eigenvalue weighted by molar-refractivity contribution is -0.117. The minimum Gasteiger partial charge on any atom is -0.476 e. The molecule has 9 heteroatoms. The van der Waals surface area contributed by atoms with E-state index in [1.54, 1.807) is 16.9 Å². The maximum atomic E-state index is 11.7. The minimum absolute atomic E-state index is 0.126. The Balaban J connectivity index is 1.95. The Morgan fingerprint density at radius 2 is 2.21 bits per heavy atom. The number of aryl methyl sites for hydroxylation is 1. The summed E-state index contributed by atoms with van der Waals surface area (Å²) < 4.78 is 2.82. The molecule has 0 atom stereocenters. The van der Waals surface area contributed by atoms with Gasteiger partial charge in [-0.1, -0.05) is 5.21 Å². The smallest absolute Gasteiger partial charge is 0.358 e. The van der Waals surface area contributed by atoms with Crippen molar-refractivity contribution in [2.24, 2.45) is 0 Å². The van der Waals surface area contributed by atoms with Crippen molar-refractivity contribution in [3.8, 4) is 0 Å². The second-order valence-electron chi connectivity index (χ2n) is 3.71. The highest BCUT2D eigenvalue weighted by Gasteiger charge is 2.11. The molecule has 100 valence electrons. The molecule has 0 saturated heterocycles. The zero-order valence-corrected chi connectivity index (χ0v) is 10.1. The quantitative estimate of drug-likeness (QED) is 0.774. The lowest BCUT2D eigenvalue weighted by Crippen LogP contribution is -2.19. The number of aromatic nitrogens is 5. The first-order chi connectivity index (χ1) is 9.08. The number of carbonyl (C=O) groups is 2. The number of anilines is 1. The van der Waals surface area contributed by atoms with E-state index in [1.165, 1.54) is 6.20 Å². The predicted molar refractivity (Wildman–Crippen MR) is 63.5 cm³/mol. The third kappa shape index (κ3) is 3.15. The second kappa shape index (κ2) is 5.29. The molecule has 19 heavy (non-hydrogen) atoms. The number of hydrogen-bond acceptors (Lipinski definition) is 5. The molecule has 2 N–H and O–H groups in total. The Morgan fingerprint density at radius 3 is 2.79 bits per heavy atom. The maximum absolute atomic E-state index is 11.7. The van der Waals surface area contributed by atoms with Crippen LogP contribution in [0.1, 0.15) is 17.4 Å². The molecule has 0 unspecified atom stereocenters. The van der Waals surface area contributed by atoms with Crippen LogP contribution in [0.5, 0.6) is 0 Å². The van der Waals surface area contributed by atoms with E-state index in [1.807, 2.05) is 6.92 Å². The van der Waals surface area contributed by atoms with Crippen LogP contribution in [0, 0.1) is 0 Å². The largest absolute Gasteiger partial charge is 0.476 e. The molecule has 1 amide bonds. The minimum atomic E-state index is -1.19. The fourth-order valence-electron chi connectivity index (χ4n) is 1.41. The number of hydrogen-bond donors (Lipinski definition) is 2. The van der Waals surface area contributed by atoms with Gasteiger partial charge in [-0.25, -0.2) is 9.48 Å². The van der Waals surface area contributed by atoms with Gasteiger partial charge in [0, 0.05) is 18.8 Å². The maximum Gasteiger partial charge on any atom is 0.358 e. The summed E-state index contributed by atoms with van der Waals surface area (Å²) in [5.41, 5.74) is -0.205. The number of nitrogens with zero attached hydrogens (tertiary/aromatic N) is 5. The number of rotatable bonds is 5. The molecule has 0 fully saturated rings. The lowest BCUT2D eigenvalue weighted by Gasteiger charge is -2.01. The summed E-state index contributed by atoms with van der Waals surface area (Å²) in [5, 5.41) is 22.3. The first kappa shape index (κ1) is 12.7. The van der Waals surface area contributed by atoms with Crippen LogP contribution in [0.15, 0.2) is 18.5 Å². The van der Waals surface area contributed by atoms with Gasteiger partial charge in [-0.2, -0.15) is 5.10 Å². The molecule has 0 radical (unpaired) electrons. The Labute approximate surface area is 107 Å². The van der Waals surface area contributed by atoms with E-state index in [9.17, 15) is 9.59 Å². The van der Waals surface area contributed by atoms with Gasteiger partial charge in [-0.15, -0.1) is 5.10 Å². The van der Waals surface area contributed by atoms with Crippen LogP contribution in [0.3, 0.4) is 0 Å². The van der Waals surface area contributed by atoms with Crippen molar-refractivity contribution in [1.29, 1.82) is 0 Å². The Morgan fingerprint density at radius 1 is 1.42 bits per heavy atom. The fourth-order valence-corrected chi connectivity index (χ4v) is 1.41. The molecule has 0 spiro atoms. The third-order valence-electron chi connectivity index (χ3n) is 2.30. The van der Waals surface area contributed by atoms with E-state index in [0.717, 1.165) is 4.68 Å². The number of carbonyl (C=O) groups excluding carboxylic acids is 1. The molecule has 2 rings (SSSR count). The second-order valence-corrected chi connectivity index (χ2v) is 3.71. The van der Waals surface area contributed by atoms with Gasteiger partial charge in [0.1, 0.15) is 6.54 Å². The molecule has 0 bridgehead atoms. The number of aromatic carboxylic acids is 1. The van der Waals surface area contributed by atoms with Gasteiger partial charge in [0.15, 0.2) is 11.5 Å². The summed E-state index contributed by atoms with van der Waals surface area (Å²) >= 11 is 0. The summed E-state index contributed by atoms with van der Waals surface area (Å²) in [4.78, 5) is 22.3. The van der Waals surface area contributed by atoms with Crippen molar-refractivity contribution < 1.29 is 14.7 Å². The van der Waals surface area contributed by atoms with Gasteiger partial charge in [0.25, 0.3) is 0 Å². The SMILES string of the molecule is CCn1ccc(NC(=O)Cn2cc(C(=O)O)nn2)n1. The van der Waals surface area contributed by atoms with Crippen molar-refractivity contribution in [3.05, 3.63) is 24.2 Å². The van der Waals surface area contributed by atoms with Gasteiger partial charge >= 0.3 is 5.97 Å². The van der Waals surface area contributed by atoms with Crippen LogP contribution in [0.25, 0.3) is 0 Å². The van der Waals surface area contributed by atoms with Crippen LogP contribution < -0.4 is 5.32 Å². The molecular formula is C10H12N6O3. The Kier molecular flexibility index (Phi) is 3.55. The van der Waals surface area contributed by atoms with E-state index in [0.29, 0.717) is 12.4 Å². The Bertz CT molecular complexity index is 602. The highest BCUT2D eigenvalue weighted by Crippen LogP contribution is 2.02. The van der Waals surface area contributed by atoms with E-state index >= 15 is 0 Å². The first-order valence-electron chi connectivity index (χ1n) is 5.55. The van der Waals surface area contributed by atoms with Gasteiger partial charge < -0.3 is 10.4 Å². The van der Waals surface area contributed by atoms with Crippen LogP contribution in [-0.2, 0) is 17.9 Å². The average molecular weight is 264 g/mol. The van der Waals surface area contributed by atoms with Crippen LogP contribution in [-0.4, -0.2) is 41.8 Å². The molecule has 2 aromatic heterocycles. The number of amides is 1. The highest BCUT2D eigenvalue weighted by molar-refractivity contribution is 5.89. The molecule has 2 aromatic rings.